The monoisotopic (exact) mass is 261 g/mol. The SMILES string of the molecule is c1cc2c(cc1SCCC1CCCNC1)CCC2. The van der Waals surface area contributed by atoms with Crippen molar-refractivity contribution in [1.29, 1.82) is 0 Å². The first-order valence-corrected chi connectivity index (χ1v) is 8.36. The van der Waals surface area contributed by atoms with Crippen molar-refractivity contribution in [2.45, 2.75) is 43.4 Å². The van der Waals surface area contributed by atoms with E-state index in [0.717, 1.165) is 5.92 Å². The highest BCUT2D eigenvalue weighted by Gasteiger charge is 2.13. The Labute approximate surface area is 115 Å². The minimum atomic E-state index is 0.917. The van der Waals surface area contributed by atoms with Gasteiger partial charge in [0.2, 0.25) is 0 Å². The van der Waals surface area contributed by atoms with Crippen LogP contribution in [0.1, 0.15) is 36.8 Å². The molecule has 1 atom stereocenters. The van der Waals surface area contributed by atoms with Gasteiger partial charge in [-0.3, -0.25) is 0 Å². The number of piperidine rings is 1. The van der Waals surface area contributed by atoms with Crippen molar-refractivity contribution < 1.29 is 0 Å². The number of thioether (sulfide) groups is 1. The van der Waals surface area contributed by atoms with Crippen LogP contribution in [-0.4, -0.2) is 18.8 Å². The molecule has 1 heterocycles. The minimum absolute atomic E-state index is 0.917. The van der Waals surface area contributed by atoms with Crippen LogP contribution in [0.25, 0.3) is 0 Å². The largest absolute Gasteiger partial charge is 0.316 e. The summed E-state index contributed by atoms with van der Waals surface area (Å²) in [4.78, 5) is 1.49. The lowest BCUT2D eigenvalue weighted by molar-refractivity contribution is 0.371. The number of nitrogens with one attached hydrogen (secondary N) is 1. The van der Waals surface area contributed by atoms with E-state index < -0.39 is 0 Å². The molecule has 1 aliphatic heterocycles. The quantitative estimate of drug-likeness (QED) is 0.830. The molecule has 0 bridgehead atoms. The maximum Gasteiger partial charge on any atom is 0.00748 e. The molecule has 0 saturated carbocycles. The van der Waals surface area contributed by atoms with Crippen LogP contribution in [-0.2, 0) is 12.8 Å². The number of hydrogen-bond donors (Lipinski definition) is 1. The van der Waals surface area contributed by atoms with E-state index in [2.05, 4.69) is 35.3 Å². The lowest BCUT2D eigenvalue weighted by Gasteiger charge is -2.22. The van der Waals surface area contributed by atoms with Gasteiger partial charge in [-0.1, -0.05) is 6.07 Å². The molecule has 98 valence electrons. The van der Waals surface area contributed by atoms with Gasteiger partial charge >= 0.3 is 0 Å². The van der Waals surface area contributed by atoms with Gasteiger partial charge in [0.15, 0.2) is 0 Å². The summed E-state index contributed by atoms with van der Waals surface area (Å²) in [6.45, 7) is 2.47. The smallest absolute Gasteiger partial charge is 0.00748 e. The predicted octanol–water partition coefficient (Wildman–Crippen LogP) is 3.66. The Morgan fingerprint density at radius 1 is 1.17 bits per heavy atom. The second-order valence-corrected chi connectivity index (χ2v) is 6.80. The highest BCUT2D eigenvalue weighted by atomic mass is 32.2. The Morgan fingerprint density at radius 3 is 3.00 bits per heavy atom. The van der Waals surface area contributed by atoms with Gasteiger partial charge in [0.05, 0.1) is 0 Å². The molecule has 0 spiro atoms. The van der Waals surface area contributed by atoms with E-state index in [4.69, 9.17) is 0 Å². The summed E-state index contributed by atoms with van der Waals surface area (Å²) in [7, 11) is 0. The molecular formula is C16H23NS. The predicted molar refractivity (Wildman–Crippen MR) is 79.4 cm³/mol. The molecule has 1 saturated heterocycles. The number of rotatable bonds is 4. The highest BCUT2D eigenvalue weighted by molar-refractivity contribution is 7.99. The third-order valence-corrected chi connectivity index (χ3v) is 5.29. The van der Waals surface area contributed by atoms with Crippen LogP contribution in [0.4, 0.5) is 0 Å². The molecule has 0 aromatic heterocycles. The van der Waals surface area contributed by atoms with Gasteiger partial charge in [-0.05, 0) is 86.5 Å². The first-order chi connectivity index (χ1) is 8.92. The van der Waals surface area contributed by atoms with Gasteiger partial charge in [-0.15, -0.1) is 11.8 Å². The topological polar surface area (TPSA) is 12.0 Å². The normalized spacial score (nSPS) is 23.0. The van der Waals surface area contributed by atoms with E-state index in [-0.39, 0.29) is 0 Å². The van der Waals surface area contributed by atoms with Crippen LogP contribution in [0.3, 0.4) is 0 Å². The van der Waals surface area contributed by atoms with E-state index in [1.807, 2.05) is 0 Å². The Bertz CT molecular complexity index is 396. The maximum atomic E-state index is 3.51. The van der Waals surface area contributed by atoms with E-state index >= 15 is 0 Å². The second-order valence-electron chi connectivity index (χ2n) is 5.63. The number of benzene rings is 1. The molecule has 0 radical (unpaired) electrons. The van der Waals surface area contributed by atoms with Gasteiger partial charge in [-0.25, -0.2) is 0 Å². The fourth-order valence-corrected chi connectivity index (χ4v) is 4.23. The Kier molecular flexibility index (Phi) is 4.27. The van der Waals surface area contributed by atoms with Crippen LogP contribution in [0.15, 0.2) is 23.1 Å². The molecular weight excluding hydrogens is 238 g/mol. The highest BCUT2D eigenvalue weighted by Crippen LogP contribution is 2.28. The standard InChI is InChI=1S/C16H23NS/c1-4-14-6-7-16(11-15(14)5-1)18-10-8-13-3-2-9-17-12-13/h6-7,11,13,17H,1-5,8-10,12H2. The van der Waals surface area contributed by atoms with Crippen molar-refractivity contribution in [3.63, 3.8) is 0 Å². The molecule has 0 amide bonds. The van der Waals surface area contributed by atoms with Gasteiger partial charge in [0.1, 0.15) is 0 Å². The zero-order valence-electron chi connectivity index (χ0n) is 11.1. The van der Waals surface area contributed by atoms with Crippen molar-refractivity contribution in [3.05, 3.63) is 29.3 Å². The summed E-state index contributed by atoms with van der Waals surface area (Å²) in [5.41, 5.74) is 3.20. The molecule has 1 aliphatic carbocycles. The molecule has 18 heavy (non-hydrogen) atoms. The molecule has 2 heteroatoms. The Morgan fingerprint density at radius 2 is 2.11 bits per heavy atom. The average Bonchev–Trinajstić information content (AvgIpc) is 2.87. The van der Waals surface area contributed by atoms with Crippen molar-refractivity contribution in [2.24, 2.45) is 5.92 Å². The summed E-state index contributed by atoms with van der Waals surface area (Å²) in [5.74, 6) is 2.20. The molecule has 1 unspecified atom stereocenters. The van der Waals surface area contributed by atoms with E-state index in [0.29, 0.717) is 0 Å². The van der Waals surface area contributed by atoms with Gasteiger partial charge in [-0.2, -0.15) is 0 Å². The summed E-state index contributed by atoms with van der Waals surface area (Å²) in [6, 6.07) is 7.12. The Balaban J connectivity index is 1.48. The number of aryl methyl sites for hydroxylation is 2. The van der Waals surface area contributed by atoms with E-state index in [1.54, 1.807) is 11.1 Å². The van der Waals surface area contributed by atoms with Gasteiger partial charge < -0.3 is 5.32 Å². The van der Waals surface area contributed by atoms with E-state index in [1.165, 1.54) is 62.3 Å². The van der Waals surface area contributed by atoms with Crippen molar-refractivity contribution in [2.75, 3.05) is 18.8 Å². The van der Waals surface area contributed by atoms with Crippen LogP contribution < -0.4 is 5.32 Å². The van der Waals surface area contributed by atoms with Crippen LogP contribution in [0.5, 0.6) is 0 Å². The van der Waals surface area contributed by atoms with E-state index in [9.17, 15) is 0 Å². The third-order valence-electron chi connectivity index (χ3n) is 4.26. The molecule has 1 aromatic rings. The summed E-state index contributed by atoms with van der Waals surface area (Å²) < 4.78 is 0. The van der Waals surface area contributed by atoms with Crippen LogP contribution in [0.2, 0.25) is 0 Å². The molecule has 1 N–H and O–H groups in total. The average molecular weight is 261 g/mol. The fraction of sp³-hybridized carbons (Fsp3) is 0.625. The third kappa shape index (κ3) is 3.10. The van der Waals surface area contributed by atoms with Crippen LogP contribution in [0, 0.1) is 5.92 Å². The fourth-order valence-electron chi connectivity index (χ4n) is 3.15. The minimum Gasteiger partial charge on any atom is -0.316 e. The Hall–Kier alpha value is -0.470. The molecule has 2 aliphatic rings. The molecule has 1 fully saturated rings. The maximum absolute atomic E-state index is 3.51. The van der Waals surface area contributed by atoms with Crippen LogP contribution >= 0.6 is 11.8 Å². The van der Waals surface area contributed by atoms with Crippen molar-refractivity contribution in [3.8, 4) is 0 Å². The first kappa shape index (κ1) is 12.6. The first-order valence-electron chi connectivity index (χ1n) is 7.37. The summed E-state index contributed by atoms with van der Waals surface area (Å²) >= 11 is 2.05. The number of fused-ring (bicyclic) bond motifs is 1. The van der Waals surface area contributed by atoms with Gasteiger partial charge in [0.25, 0.3) is 0 Å². The molecule has 1 nitrogen and oxygen atoms in total. The number of hydrogen-bond acceptors (Lipinski definition) is 2. The lowest BCUT2D eigenvalue weighted by atomic mass is 9.97. The van der Waals surface area contributed by atoms with Crippen molar-refractivity contribution >= 4 is 11.8 Å². The van der Waals surface area contributed by atoms with Gasteiger partial charge in [0, 0.05) is 4.90 Å². The summed E-state index contributed by atoms with van der Waals surface area (Å²) in [5, 5.41) is 3.51. The lowest BCUT2D eigenvalue weighted by Crippen LogP contribution is -2.29. The summed E-state index contributed by atoms with van der Waals surface area (Å²) in [6.07, 6.45) is 8.13. The van der Waals surface area contributed by atoms with Crippen molar-refractivity contribution in [1.82, 2.24) is 5.32 Å². The second kappa shape index (κ2) is 6.12. The zero-order chi connectivity index (χ0) is 12.2. The molecule has 1 aromatic carbocycles. The molecule has 3 rings (SSSR count). The zero-order valence-corrected chi connectivity index (χ0v) is 11.9.